The molecule has 1 aromatic rings. The van der Waals surface area contributed by atoms with Crippen LogP contribution in [0, 0.1) is 5.41 Å². The van der Waals surface area contributed by atoms with Crippen LogP contribution in [-0.2, 0) is 14.9 Å². The number of rotatable bonds is 7. The van der Waals surface area contributed by atoms with Crippen LogP contribution in [-0.4, -0.2) is 49.4 Å². The Labute approximate surface area is 135 Å². The Bertz CT molecular complexity index is 679. The van der Waals surface area contributed by atoms with Gasteiger partial charge in [-0.1, -0.05) is 6.07 Å². The number of nitrogens with zero attached hydrogens (tertiary/aromatic N) is 1. The van der Waals surface area contributed by atoms with Gasteiger partial charge in [0.05, 0.1) is 30.0 Å². The molecule has 1 amide bonds. The zero-order valence-corrected chi connectivity index (χ0v) is 13.6. The zero-order valence-electron chi connectivity index (χ0n) is 12.8. The number of amides is 1. The first-order valence-corrected chi connectivity index (χ1v) is 8.83. The minimum absolute atomic E-state index is 0.230. The van der Waals surface area contributed by atoms with Gasteiger partial charge in [0.25, 0.3) is 10.1 Å². The predicted molar refractivity (Wildman–Crippen MR) is 86.6 cm³/mol. The first-order chi connectivity index (χ1) is 10.7. The Hall–Kier alpha value is -1.84. The maximum atomic E-state index is 11.9. The summed E-state index contributed by atoms with van der Waals surface area (Å²) in [5.41, 5.74) is 3.41. The largest absolute Gasteiger partial charge is 0.395 e. The molecular formula is C14H21N3O5S. The van der Waals surface area contributed by atoms with E-state index in [2.05, 4.69) is 10.7 Å². The number of anilines is 2. The van der Waals surface area contributed by atoms with Crippen LogP contribution in [0.1, 0.15) is 13.3 Å². The molecule has 1 aliphatic heterocycles. The summed E-state index contributed by atoms with van der Waals surface area (Å²) >= 11 is 0. The minimum Gasteiger partial charge on any atom is -0.395 e. The molecule has 1 unspecified atom stereocenters. The van der Waals surface area contributed by atoms with E-state index in [0.717, 1.165) is 11.4 Å². The van der Waals surface area contributed by atoms with E-state index >= 15 is 0 Å². The van der Waals surface area contributed by atoms with Gasteiger partial charge < -0.3 is 10.4 Å². The number of hydrazine groups is 1. The second kappa shape index (κ2) is 6.73. The van der Waals surface area contributed by atoms with Crippen molar-refractivity contribution in [3.63, 3.8) is 0 Å². The smallest absolute Gasteiger partial charge is 0.264 e. The van der Waals surface area contributed by atoms with Gasteiger partial charge in [-0.2, -0.15) is 8.42 Å². The fraction of sp³-hybridized carbons (Fsp3) is 0.500. The molecule has 9 heteroatoms. The maximum absolute atomic E-state index is 11.9. The Morgan fingerprint density at radius 2 is 2.17 bits per heavy atom. The van der Waals surface area contributed by atoms with Gasteiger partial charge in [-0.25, -0.2) is 0 Å². The van der Waals surface area contributed by atoms with Crippen molar-refractivity contribution in [3.8, 4) is 0 Å². The molecular weight excluding hydrogens is 322 g/mol. The van der Waals surface area contributed by atoms with Crippen LogP contribution in [0.15, 0.2) is 24.3 Å². The Morgan fingerprint density at radius 1 is 1.43 bits per heavy atom. The van der Waals surface area contributed by atoms with Gasteiger partial charge in [-0.05, 0) is 31.5 Å². The van der Waals surface area contributed by atoms with E-state index in [1.54, 1.807) is 18.0 Å². The van der Waals surface area contributed by atoms with Crippen LogP contribution in [0.5, 0.6) is 0 Å². The molecule has 0 aliphatic carbocycles. The van der Waals surface area contributed by atoms with Gasteiger partial charge in [0.15, 0.2) is 0 Å². The number of aliphatic hydroxyl groups is 1. The van der Waals surface area contributed by atoms with E-state index in [4.69, 9.17) is 4.55 Å². The summed E-state index contributed by atoms with van der Waals surface area (Å²) < 4.78 is 30.0. The van der Waals surface area contributed by atoms with E-state index in [1.165, 1.54) is 0 Å². The van der Waals surface area contributed by atoms with Crippen LogP contribution < -0.4 is 15.8 Å². The molecule has 23 heavy (non-hydrogen) atoms. The maximum Gasteiger partial charge on any atom is 0.264 e. The highest BCUT2D eigenvalue weighted by Crippen LogP contribution is 2.28. The average Bonchev–Trinajstić information content (AvgIpc) is 2.80. The van der Waals surface area contributed by atoms with Crippen molar-refractivity contribution in [2.75, 3.05) is 35.8 Å². The first kappa shape index (κ1) is 17.5. The summed E-state index contributed by atoms with van der Waals surface area (Å²) in [5, 5.41) is 14.1. The summed E-state index contributed by atoms with van der Waals surface area (Å²) in [6, 6.07) is 7.27. The SMILES string of the molecule is CC1(CO)CN(c2cccc(NCCCS(=O)(=O)O)c2)NC1=O. The molecule has 2 rings (SSSR count). The molecule has 1 saturated heterocycles. The highest BCUT2D eigenvalue weighted by Gasteiger charge is 2.41. The van der Waals surface area contributed by atoms with Gasteiger partial charge >= 0.3 is 0 Å². The lowest BCUT2D eigenvalue weighted by molar-refractivity contribution is -0.128. The van der Waals surface area contributed by atoms with E-state index in [-0.39, 0.29) is 24.7 Å². The molecule has 0 spiro atoms. The second-order valence-corrected chi connectivity index (χ2v) is 7.43. The summed E-state index contributed by atoms with van der Waals surface area (Å²) in [7, 11) is -3.94. The molecule has 1 fully saturated rings. The average molecular weight is 343 g/mol. The Kier molecular flexibility index (Phi) is 5.12. The van der Waals surface area contributed by atoms with Gasteiger partial charge in [0, 0.05) is 12.2 Å². The van der Waals surface area contributed by atoms with Gasteiger partial charge in [0.1, 0.15) is 0 Å². The van der Waals surface area contributed by atoms with Gasteiger partial charge in [-0.15, -0.1) is 0 Å². The monoisotopic (exact) mass is 343 g/mol. The molecule has 0 saturated carbocycles. The number of carbonyl (C=O) groups is 1. The summed E-state index contributed by atoms with van der Waals surface area (Å²) in [6.45, 7) is 2.21. The van der Waals surface area contributed by atoms with Crippen molar-refractivity contribution in [1.82, 2.24) is 5.43 Å². The number of hydrogen-bond donors (Lipinski definition) is 4. The van der Waals surface area contributed by atoms with Crippen molar-refractivity contribution in [1.29, 1.82) is 0 Å². The van der Waals surface area contributed by atoms with Crippen LogP contribution in [0.2, 0.25) is 0 Å². The normalized spacial score (nSPS) is 21.3. The molecule has 1 heterocycles. The van der Waals surface area contributed by atoms with Crippen LogP contribution in [0.25, 0.3) is 0 Å². The highest BCUT2D eigenvalue weighted by molar-refractivity contribution is 7.85. The van der Waals surface area contributed by atoms with Crippen LogP contribution in [0.4, 0.5) is 11.4 Å². The van der Waals surface area contributed by atoms with E-state index in [0.29, 0.717) is 13.1 Å². The molecule has 4 N–H and O–H groups in total. The summed E-state index contributed by atoms with van der Waals surface area (Å²) in [4.78, 5) is 11.9. The van der Waals surface area contributed by atoms with E-state index in [1.807, 2.05) is 18.2 Å². The molecule has 128 valence electrons. The van der Waals surface area contributed by atoms with Gasteiger partial charge in [0.2, 0.25) is 5.91 Å². The minimum atomic E-state index is -3.94. The summed E-state index contributed by atoms with van der Waals surface area (Å²) in [5.74, 6) is -0.525. The van der Waals surface area contributed by atoms with Crippen molar-refractivity contribution >= 4 is 27.4 Å². The lowest BCUT2D eigenvalue weighted by atomic mass is 9.92. The fourth-order valence-corrected chi connectivity index (χ4v) is 2.78. The molecule has 0 bridgehead atoms. The van der Waals surface area contributed by atoms with Crippen molar-refractivity contribution < 1.29 is 22.9 Å². The zero-order chi connectivity index (χ0) is 17.1. The topological polar surface area (TPSA) is 119 Å². The summed E-state index contributed by atoms with van der Waals surface area (Å²) in [6.07, 6.45) is 0.284. The second-order valence-electron chi connectivity index (χ2n) is 5.86. The third-order valence-corrected chi connectivity index (χ3v) is 4.51. The fourth-order valence-electron chi connectivity index (χ4n) is 2.27. The molecule has 1 aliphatic rings. The number of nitrogens with one attached hydrogen (secondary N) is 2. The number of hydrogen-bond acceptors (Lipinski definition) is 6. The highest BCUT2D eigenvalue weighted by atomic mass is 32.2. The predicted octanol–water partition coefficient (Wildman–Crippen LogP) is 0.226. The lowest BCUT2D eigenvalue weighted by Crippen LogP contribution is -2.34. The lowest BCUT2D eigenvalue weighted by Gasteiger charge is -2.20. The first-order valence-electron chi connectivity index (χ1n) is 7.22. The molecule has 0 aromatic heterocycles. The van der Waals surface area contributed by atoms with Crippen LogP contribution in [0.3, 0.4) is 0 Å². The quantitative estimate of drug-likeness (QED) is 0.413. The van der Waals surface area contributed by atoms with Crippen molar-refractivity contribution in [2.45, 2.75) is 13.3 Å². The molecule has 1 atom stereocenters. The molecule has 1 aromatic carbocycles. The third kappa shape index (κ3) is 4.57. The number of benzene rings is 1. The van der Waals surface area contributed by atoms with Crippen molar-refractivity contribution in [3.05, 3.63) is 24.3 Å². The van der Waals surface area contributed by atoms with E-state index in [9.17, 15) is 18.3 Å². The van der Waals surface area contributed by atoms with Gasteiger partial charge in [-0.3, -0.25) is 19.8 Å². The van der Waals surface area contributed by atoms with E-state index < -0.39 is 15.5 Å². The Balaban J connectivity index is 1.97. The third-order valence-electron chi connectivity index (χ3n) is 3.71. The molecule has 0 radical (unpaired) electrons. The van der Waals surface area contributed by atoms with Crippen LogP contribution >= 0.6 is 0 Å². The Morgan fingerprint density at radius 3 is 2.78 bits per heavy atom. The number of aliphatic hydroxyl groups excluding tert-OH is 1. The number of carbonyl (C=O) groups excluding carboxylic acids is 1. The van der Waals surface area contributed by atoms with Crippen molar-refractivity contribution in [2.24, 2.45) is 5.41 Å². The molecule has 8 nitrogen and oxygen atoms in total. The standard InChI is InChI=1S/C14H21N3O5S/c1-14(10-18)9-17(16-13(14)19)12-5-2-4-11(8-12)15-6-3-7-23(20,21)22/h2,4-5,8,15,18H,3,6-7,9-10H2,1H3,(H,16,19)(H,20,21,22).